The fourth-order valence-corrected chi connectivity index (χ4v) is 1.91. The van der Waals surface area contributed by atoms with Crippen LogP contribution in [-0.2, 0) is 13.8 Å². The molecule has 0 rings (SSSR count). The summed E-state index contributed by atoms with van der Waals surface area (Å²) < 4.78 is 28.8. The third-order valence-electron chi connectivity index (χ3n) is 2.24. The lowest BCUT2D eigenvalue weighted by Crippen LogP contribution is -2.33. The van der Waals surface area contributed by atoms with Crippen LogP contribution in [-0.4, -0.2) is 10.3 Å². The van der Waals surface area contributed by atoms with Gasteiger partial charge in [0.2, 0.25) is 7.44 Å². The van der Waals surface area contributed by atoms with Gasteiger partial charge in [0.25, 0.3) is 7.52 Å². The van der Waals surface area contributed by atoms with Crippen molar-refractivity contribution in [3.05, 3.63) is 0 Å². The molecule has 98 valence electrons. The number of rotatable bonds is 3. The normalized spacial score (nSPS) is 21.2. The van der Waals surface area contributed by atoms with Gasteiger partial charge >= 0.3 is 0 Å². The minimum Gasteiger partial charge on any atom is -0.287 e. The van der Waals surface area contributed by atoms with E-state index in [1.807, 2.05) is 0 Å². The molecular weight excluding hydrogens is 248 g/mol. The molecule has 5 N–H and O–H groups in total. The van der Waals surface area contributed by atoms with Gasteiger partial charge in [0.15, 0.2) is 0 Å². The van der Waals surface area contributed by atoms with Crippen LogP contribution in [0.4, 0.5) is 0 Å². The summed E-state index contributed by atoms with van der Waals surface area (Å²) in [5.41, 5.74) is 11.1. The van der Waals surface area contributed by atoms with Crippen LogP contribution < -0.4 is 16.3 Å². The summed E-state index contributed by atoms with van der Waals surface area (Å²) in [5.74, 6) is 0. The second-order valence-electron chi connectivity index (χ2n) is 5.78. The quantitative estimate of drug-likeness (QED) is 0.537. The van der Waals surface area contributed by atoms with Crippen molar-refractivity contribution in [2.75, 3.05) is 0 Å². The Bertz CT molecular complexity index is 309. The standard InChI is InChI=1S/C8H23N3O3P2/c1-7(2,3)15(9,12)11-14-16(10,13)8(4,5)6/h1-6H3,(H2,10,13)(H3,9,11,12). The first-order chi connectivity index (χ1) is 6.71. The van der Waals surface area contributed by atoms with Crippen molar-refractivity contribution in [2.24, 2.45) is 11.0 Å². The van der Waals surface area contributed by atoms with Gasteiger partial charge in [-0.15, -0.1) is 5.25 Å². The van der Waals surface area contributed by atoms with E-state index in [0.717, 1.165) is 0 Å². The number of hydrogen-bond donors (Lipinski definition) is 3. The lowest BCUT2D eigenvalue weighted by atomic mass is 10.3. The maximum absolute atomic E-state index is 12.0. The highest BCUT2D eigenvalue weighted by molar-refractivity contribution is 7.62. The van der Waals surface area contributed by atoms with Crippen molar-refractivity contribution < 1.29 is 13.8 Å². The van der Waals surface area contributed by atoms with Gasteiger partial charge in [-0.25, -0.2) is 4.62 Å². The lowest BCUT2D eigenvalue weighted by molar-refractivity contribution is 0.251. The molecule has 0 aromatic rings. The molecule has 6 nitrogen and oxygen atoms in total. The van der Waals surface area contributed by atoms with E-state index in [0.29, 0.717) is 0 Å². The summed E-state index contributed by atoms with van der Waals surface area (Å²) in [5, 5.41) is 0.763. The highest BCUT2D eigenvalue weighted by Crippen LogP contribution is 2.54. The second kappa shape index (κ2) is 4.52. The van der Waals surface area contributed by atoms with Gasteiger partial charge in [0.05, 0.1) is 5.16 Å². The van der Waals surface area contributed by atoms with E-state index in [-0.39, 0.29) is 0 Å². The van der Waals surface area contributed by atoms with E-state index in [1.165, 1.54) is 0 Å². The average Bonchev–Trinajstić information content (AvgIpc) is 1.97. The fraction of sp³-hybridized carbons (Fsp3) is 1.00. The summed E-state index contributed by atoms with van der Waals surface area (Å²) in [6.07, 6.45) is 0. The van der Waals surface area contributed by atoms with Crippen LogP contribution >= 0.6 is 15.0 Å². The largest absolute Gasteiger partial charge is 0.288 e. The van der Waals surface area contributed by atoms with Crippen molar-refractivity contribution in [1.82, 2.24) is 5.25 Å². The molecule has 2 atom stereocenters. The van der Waals surface area contributed by atoms with Crippen LogP contribution in [0.15, 0.2) is 0 Å². The Labute approximate surface area is 97.4 Å². The Hall–Kier alpha value is 0.300. The third kappa shape index (κ3) is 3.95. The first kappa shape index (κ1) is 16.3. The molecule has 0 bridgehead atoms. The molecule has 16 heavy (non-hydrogen) atoms. The first-order valence-corrected chi connectivity index (χ1v) is 8.41. The molecule has 0 amide bonds. The molecule has 0 aliphatic heterocycles. The predicted molar refractivity (Wildman–Crippen MR) is 67.3 cm³/mol. The average molecular weight is 271 g/mol. The van der Waals surface area contributed by atoms with Crippen LogP contribution in [0, 0.1) is 0 Å². The summed E-state index contributed by atoms with van der Waals surface area (Å²) in [4.78, 5) is 0. The van der Waals surface area contributed by atoms with Gasteiger partial charge in [-0.2, -0.15) is 0 Å². The van der Waals surface area contributed by atoms with Gasteiger partial charge < -0.3 is 0 Å². The Kier molecular flexibility index (Phi) is 4.61. The highest BCUT2D eigenvalue weighted by Gasteiger charge is 2.39. The molecule has 0 fully saturated rings. The van der Waals surface area contributed by atoms with E-state index in [4.69, 9.17) is 15.6 Å². The smallest absolute Gasteiger partial charge is 0.287 e. The van der Waals surface area contributed by atoms with E-state index in [1.54, 1.807) is 41.5 Å². The SMILES string of the molecule is CC(C)(C)P(N)(=O)NOP(N)(=O)C(C)(C)C. The maximum atomic E-state index is 12.0. The predicted octanol–water partition coefficient (Wildman–Crippen LogP) is 2.41. The van der Waals surface area contributed by atoms with Crippen LogP contribution in [0.3, 0.4) is 0 Å². The molecule has 0 aliphatic rings. The topological polar surface area (TPSA) is 107 Å². The number of nitrogens with two attached hydrogens (primary N) is 2. The van der Waals surface area contributed by atoms with Crippen LogP contribution in [0.2, 0.25) is 0 Å². The van der Waals surface area contributed by atoms with E-state index in [9.17, 15) is 9.13 Å². The van der Waals surface area contributed by atoms with Crippen LogP contribution in [0.1, 0.15) is 41.5 Å². The van der Waals surface area contributed by atoms with Gasteiger partial charge in [0, 0.05) is 5.16 Å². The maximum Gasteiger partial charge on any atom is 0.288 e. The molecule has 0 aromatic heterocycles. The minimum atomic E-state index is -3.41. The molecule has 0 aromatic carbocycles. The van der Waals surface area contributed by atoms with E-state index in [2.05, 4.69) is 5.25 Å². The highest BCUT2D eigenvalue weighted by atomic mass is 31.2. The Morgan fingerprint density at radius 1 is 0.938 bits per heavy atom. The van der Waals surface area contributed by atoms with Gasteiger partial charge in [0.1, 0.15) is 0 Å². The zero-order valence-corrected chi connectivity index (χ0v) is 12.6. The number of nitrogens with one attached hydrogen (secondary N) is 1. The minimum absolute atomic E-state index is 0.690. The Balaban J connectivity index is 4.73. The monoisotopic (exact) mass is 271 g/mol. The van der Waals surface area contributed by atoms with Gasteiger partial charge in [-0.1, -0.05) is 20.8 Å². The third-order valence-corrected chi connectivity index (χ3v) is 6.98. The second-order valence-corrected chi connectivity index (χ2v) is 11.3. The molecule has 0 saturated carbocycles. The van der Waals surface area contributed by atoms with Crippen LogP contribution in [0.5, 0.6) is 0 Å². The van der Waals surface area contributed by atoms with Crippen molar-refractivity contribution >= 4 is 15.0 Å². The van der Waals surface area contributed by atoms with E-state index >= 15 is 0 Å². The summed E-state index contributed by atoms with van der Waals surface area (Å²) in [6.45, 7) is 10.1. The molecule has 0 spiro atoms. The molecule has 2 unspecified atom stereocenters. The molecule has 0 saturated heterocycles. The zero-order valence-electron chi connectivity index (χ0n) is 10.8. The first-order valence-electron chi connectivity index (χ1n) is 4.94. The molecule has 0 aliphatic carbocycles. The van der Waals surface area contributed by atoms with Crippen molar-refractivity contribution in [1.29, 1.82) is 0 Å². The molecule has 0 heterocycles. The van der Waals surface area contributed by atoms with Crippen molar-refractivity contribution in [2.45, 2.75) is 51.9 Å². The Morgan fingerprint density at radius 2 is 1.31 bits per heavy atom. The van der Waals surface area contributed by atoms with Gasteiger partial charge in [-0.05, 0) is 20.8 Å². The fourth-order valence-electron chi connectivity index (χ4n) is 0.395. The molecule has 8 heteroatoms. The summed E-state index contributed by atoms with van der Waals surface area (Å²) in [7, 11) is -6.67. The summed E-state index contributed by atoms with van der Waals surface area (Å²) >= 11 is 0. The Morgan fingerprint density at radius 3 is 1.56 bits per heavy atom. The van der Waals surface area contributed by atoms with Crippen molar-refractivity contribution in [3.8, 4) is 0 Å². The summed E-state index contributed by atoms with van der Waals surface area (Å²) in [6, 6.07) is 0. The zero-order chi connectivity index (χ0) is 13.4. The van der Waals surface area contributed by atoms with Gasteiger partial charge in [-0.3, -0.25) is 20.1 Å². The molecule has 0 radical (unpaired) electrons. The van der Waals surface area contributed by atoms with Crippen LogP contribution in [0.25, 0.3) is 0 Å². The van der Waals surface area contributed by atoms with Crippen molar-refractivity contribution in [3.63, 3.8) is 0 Å². The van der Waals surface area contributed by atoms with E-state index < -0.39 is 25.3 Å². The lowest BCUT2D eigenvalue weighted by Gasteiger charge is -2.31. The number of hydrogen-bond acceptors (Lipinski definition) is 3. The molecular formula is C8H23N3O3P2.